The molecular formula is C7H12N2O2. The molecule has 0 aromatic rings. The number of piperidine rings is 1. The summed E-state index contributed by atoms with van der Waals surface area (Å²) in [6.45, 7) is 1.89. The predicted molar refractivity (Wildman–Crippen MR) is 41.8 cm³/mol. The number of nitrogens with zero attached hydrogens (tertiary/aromatic N) is 2. The molecule has 0 amide bonds. The summed E-state index contributed by atoms with van der Waals surface area (Å²) in [5, 5.41) is 10.1. The predicted octanol–water partition coefficient (Wildman–Crippen LogP) is 0.873. The molecule has 0 unspecified atom stereocenters. The highest BCUT2D eigenvalue weighted by atomic mass is 16.6. The SMILES string of the molecule is CN1CCC(=C[N+](=O)[O-])CC1. The van der Waals surface area contributed by atoms with E-state index < -0.39 is 0 Å². The van der Waals surface area contributed by atoms with Crippen LogP contribution < -0.4 is 0 Å². The number of hydrogen-bond acceptors (Lipinski definition) is 3. The Labute approximate surface area is 65.6 Å². The van der Waals surface area contributed by atoms with Gasteiger partial charge >= 0.3 is 0 Å². The molecule has 0 spiro atoms. The number of hydrogen-bond donors (Lipinski definition) is 0. The van der Waals surface area contributed by atoms with E-state index in [2.05, 4.69) is 4.90 Å². The summed E-state index contributed by atoms with van der Waals surface area (Å²) >= 11 is 0. The average molecular weight is 156 g/mol. The van der Waals surface area contributed by atoms with Gasteiger partial charge in [0.05, 0.1) is 4.92 Å². The molecule has 1 rings (SSSR count). The van der Waals surface area contributed by atoms with Gasteiger partial charge in [-0.2, -0.15) is 0 Å². The second kappa shape index (κ2) is 3.48. The maximum Gasteiger partial charge on any atom is 0.233 e. The van der Waals surface area contributed by atoms with Crippen LogP contribution in [0.2, 0.25) is 0 Å². The second-order valence-corrected chi connectivity index (χ2v) is 2.88. The van der Waals surface area contributed by atoms with E-state index in [1.165, 1.54) is 0 Å². The van der Waals surface area contributed by atoms with Crippen molar-refractivity contribution in [1.82, 2.24) is 4.90 Å². The third-order valence-corrected chi connectivity index (χ3v) is 1.92. The summed E-state index contributed by atoms with van der Waals surface area (Å²) in [6.07, 6.45) is 2.84. The van der Waals surface area contributed by atoms with Crippen LogP contribution >= 0.6 is 0 Å². The van der Waals surface area contributed by atoms with Gasteiger partial charge in [-0.05, 0) is 19.9 Å². The molecule has 0 atom stereocenters. The molecule has 1 heterocycles. The highest BCUT2D eigenvalue weighted by molar-refractivity contribution is 5.01. The molecular weight excluding hydrogens is 144 g/mol. The molecule has 1 aliphatic heterocycles. The van der Waals surface area contributed by atoms with E-state index in [0.717, 1.165) is 37.7 Å². The number of rotatable bonds is 1. The third-order valence-electron chi connectivity index (χ3n) is 1.92. The van der Waals surface area contributed by atoms with Gasteiger partial charge in [0.15, 0.2) is 0 Å². The molecule has 0 aromatic heterocycles. The van der Waals surface area contributed by atoms with E-state index in [0.29, 0.717) is 0 Å². The van der Waals surface area contributed by atoms with Crippen LogP contribution in [0.1, 0.15) is 12.8 Å². The fourth-order valence-electron chi connectivity index (χ4n) is 1.18. The molecule has 1 saturated heterocycles. The Morgan fingerprint density at radius 1 is 1.55 bits per heavy atom. The first-order valence-corrected chi connectivity index (χ1v) is 3.70. The zero-order valence-electron chi connectivity index (χ0n) is 6.62. The molecule has 0 aliphatic carbocycles. The average Bonchev–Trinajstić information content (AvgIpc) is 1.93. The van der Waals surface area contributed by atoms with Crippen molar-refractivity contribution < 1.29 is 4.92 Å². The highest BCUT2D eigenvalue weighted by Crippen LogP contribution is 2.13. The van der Waals surface area contributed by atoms with Gasteiger partial charge in [0.2, 0.25) is 6.20 Å². The van der Waals surface area contributed by atoms with Crippen molar-refractivity contribution in [2.75, 3.05) is 20.1 Å². The van der Waals surface area contributed by atoms with Crippen molar-refractivity contribution in [1.29, 1.82) is 0 Å². The van der Waals surface area contributed by atoms with Crippen LogP contribution in [0.5, 0.6) is 0 Å². The molecule has 0 aromatic carbocycles. The quantitative estimate of drug-likeness (QED) is 0.418. The zero-order chi connectivity index (χ0) is 8.27. The highest BCUT2D eigenvalue weighted by Gasteiger charge is 2.11. The summed E-state index contributed by atoms with van der Waals surface area (Å²) in [7, 11) is 2.03. The lowest BCUT2D eigenvalue weighted by atomic mass is 10.1. The Morgan fingerprint density at radius 2 is 2.09 bits per heavy atom. The molecule has 0 N–H and O–H groups in total. The molecule has 4 heteroatoms. The standard InChI is InChI=1S/C7H12N2O2/c1-8-4-2-7(3-5-8)6-9(10)11/h6H,2-5H2,1H3. The van der Waals surface area contributed by atoms with Crippen LogP contribution in [0.15, 0.2) is 11.8 Å². The largest absolute Gasteiger partial charge is 0.306 e. The minimum Gasteiger partial charge on any atom is -0.306 e. The molecule has 0 bridgehead atoms. The van der Waals surface area contributed by atoms with E-state index in [1.807, 2.05) is 7.05 Å². The van der Waals surface area contributed by atoms with E-state index in [9.17, 15) is 10.1 Å². The maximum atomic E-state index is 10.1. The van der Waals surface area contributed by atoms with Crippen molar-refractivity contribution in [3.05, 3.63) is 21.9 Å². The van der Waals surface area contributed by atoms with Crippen molar-refractivity contribution in [2.24, 2.45) is 0 Å². The molecule has 62 valence electrons. The van der Waals surface area contributed by atoms with Gasteiger partial charge in [-0.3, -0.25) is 10.1 Å². The third kappa shape index (κ3) is 2.67. The monoisotopic (exact) mass is 156 g/mol. The van der Waals surface area contributed by atoms with Crippen molar-refractivity contribution >= 4 is 0 Å². The van der Waals surface area contributed by atoms with Crippen LogP contribution in [0.25, 0.3) is 0 Å². The van der Waals surface area contributed by atoms with Crippen LogP contribution in [0, 0.1) is 10.1 Å². The Kier molecular flexibility index (Phi) is 2.59. The van der Waals surface area contributed by atoms with Crippen LogP contribution in [0.4, 0.5) is 0 Å². The minimum atomic E-state index is -0.360. The molecule has 11 heavy (non-hydrogen) atoms. The van der Waals surface area contributed by atoms with Crippen molar-refractivity contribution in [2.45, 2.75) is 12.8 Å². The van der Waals surface area contributed by atoms with E-state index >= 15 is 0 Å². The van der Waals surface area contributed by atoms with Crippen LogP contribution in [-0.4, -0.2) is 30.0 Å². The first-order chi connectivity index (χ1) is 5.18. The Hall–Kier alpha value is -0.900. The lowest BCUT2D eigenvalue weighted by Crippen LogP contribution is -2.26. The molecule has 4 nitrogen and oxygen atoms in total. The van der Waals surface area contributed by atoms with Gasteiger partial charge in [-0.1, -0.05) is 0 Å². The molecule has 1 aliphatic rings. The fourth-order valence-corrected chi connectivity index (χ4v) is 1.18. The van der Waals surface area contributed by atoms with E-state index in [4.69, 9.17) is 0 Å². The molecule has 1 fully saturated rings. The lowest BCUT2D eigenvalue weighted by molar-refractivity contribution is -0.403. The van der Waals surface area contributed by atoms with E-state index in [1.54, 1.807) is 0 Å². The number of likely N-dealkylation sites (tertiary alicyclic amines) is 1. The normalized spacial score (nSPS) is 19.9. The summed E-state index contributed by atoms with van der Waals surface area (Å²) < 4.78 is 0. The smallest absolute Gasteiger partial charge is 0.233 e. The van der Waals surface area contributed by atoms with Gasteiger partial charge in [0, 0.05) is 18.7 Å². The number of nitro groups is 1. The second-order valence-electron chi connectivity index (χ2n) is 2.88. The Morgan fingerprint density at radius 3 is 2.55 bits per heavy atom. The van der Waals surface area contributed by atoms with Crippen LogP contribution in [0.3, 0.4) is 0 Å². The Bertz CT molecular complexity index is 179. The van der Waals surface area contributed by atoms with Crippen LogP contribution in [-0.2, 0) is 0 Å². The molecule has 0 saturated carbocycles. The molecule has 0 radical (unpaired) electrons. The van der Waals surface area contributed by atoms with Crippen molar-refractivity contribution in [3.63, 3.8) is 0 Å². The summed E-state index contributed by atoms with van der Waals surface area (Å²) in [6, 6.07) is 0. The van der Waals surface area contributed by atoms with Gasteiger partial charge < -0.3 is 4.90 Å². The van der Waals surface area contributed by atoms with Gasteiger partial charge in [-0.15, -0.1) is 0 Å². The summed E-state index contributed by atoms with van der Waals surface area (Å²) in [5.41, 5.74) is 0.966. The first-order valence-electron chi connectivity index (χ1n) is 3.70. The topological polar surface area (TPSA) is 46.4 Å². The maximum absolute atomic E-state index is 10.1. The Balaban J connectivity index is 2.45. The fraction of sp³-hybridized carbons (Fsp3) is 0.714. The van der Waals surface area contributed by atoms with Gasteiger partial charge in [0.25, 0.3) is 0 Å². The first kappa shape index (κ1) is 8.20. The van der Waals surface area contributed by atoms with Gasteiger partial charge in [0.1, 0.15) is 0 Å². The summed E-state index contributed by atoms with van der Waals surface area (Å²) in [5.74, 6) is 0. The lowest BCUT2D eigenvalue weighted by Gasteiger charge is -2.22. The van der Waals surface area contributed by atoms with Crippen molar-refractivity contribution in [3.8, 4) is 0 Å². The minimum absolute atomic E-state index is 0.360. The summed E-state index contributed by atoms with van der Waals surface area (Å²) in [4.78, 5) is 11.9. The van der Waals surface area contributed by atoms with E-state index in [-0.39, 0.29) is 4.92 Å². The zero-order valence-corrected chi connectivity index (χ0v) is 6.62. The van der Waals surface area contributed by atoms with Gasteiger partial charge in [-0.25, -0.2) is 0 Å².